The molecule has 318 valence electrons. The van der Waals surface area contributed by atoms with E-state index in [2.05, 4.69) is 33.8 Å². The number of carbonyl (C=O) groups excluding carboxylic acids is 2. The first-order valence-corrected chi connectivity index (χ1v) is 21.1. The third kappa shape index (κ3) is 9.23. The second-order valence-corrected chi connectivity index (χ2v) is 17.4. The van der Waals surface area contributed by atoms with Crippen molar-refractivity contribution >= 4 is 11.9 Å². The van der Waals surface area contributed by atoms with Crippen LogP contribution in [0.5, 0.6) is 0 Å². The Kier molecular flexibility index (Phi) is 14.1. The van der Waals surface area contributed by atoms with Crippen LogP contribution in [0.2, 0.25) is 0 Å². The van der Waals surface area contributed by atoms with Gasteiger partial charge in [0.2, 0.25) is 0 Å². The van der Waals surface area contributed by atoms with Crippen molar-refractivity contribution in [2.24, 2.45) is 23.7 Å². The van der Waals surface area contributed by atoms with E-state index in [1.54, 1.807) is 39.2 Å². The molecule has 4 saturated heterocycles. The molecular formula is C45H66O12. The number of fused-ring (bicyclic) bond motifs is 2. The topological polar surface area (TPSA) is 148 Å². The minimum atomic E-state index is -1.82. The summed E-state index contributed by atoms with van der Waals surface area (Å²) >= 11 is 0. The molecule has 12 heteroatoms. The van der Waals surface area contributed by atoms with E-state index in [1.807, 2.05) is 26.0 Å². The molecule has 0 aromatic rings. The maximum Gasteiger partial charge on any atom is 0.330 e. The first-order chi connectivity index (χ1) is 27.1. The Bertz CT molecular complexity index is 1600. The molecule has 1 aliphatic carbocycles. The summed E-state index contributed by atoms with van der Waals surface area (Å²) in [6.45, 7) is 16.1. The standard InChI is InChI=1S/C45H66O12/c1-10-13-36(46)54-41-30(8)52-37(22-35(41)50-9)55-39-26(4)14-12-15-31-24-51-42-38(47)29(7)20-34(45(31,42)49)43(48)53-33-21-32(17-16-27(39)5)56-44(23-33)19-18-28(6)40(57-44)25(3)11-2/h10,12-16,20,25-26,28,30,32-35,37-42,47,49H,11,17-19,21-24H2,1-9H3/b13-10+,14-12+,27-16+,31-15+/t25?,26-,28-,30-,32+,33-,34-,35-,37-,38+,39-,40+,41-,42+,44?,45+/m0/s1. The zero-order valence-corrected chi connectivity index (χ0v) is 35.3. The highest BCUT2D eigenvalue weighted by Gasteiger charge is 2.60. The summed E-state index contributed by atoms with van der Waals surface area (Å²) < 4.78 is 51.0. The summed E-state index contributed by atoms with van der Waals surface area (Å²) in [5.74, 6) is -2.55. The van der Waals surface area contributed by atoms with E-state index in [9.17, 15) is 19.8 Å². The van der Waals surface area contributed by atoms with E-state index >= 15 is 0 Å². The molecule has 57 heavy (non-hydrogen) atoms. The average Bonchev–Trinajstić information content (AvgIpc) is 3.51. The van der Waals surface area contributed by atoms with E-state index in [-0.39, 0.29) is 24.7 Å². The molecule has 2 unspecified atom stereocenters. The number of rotatable bonds is 7. The zero-order chi connectivity index (χ0) is 41.2. The summed E-state index contributed by atoms with van der Waals surface area (Å²) in [5.41, 5.74) is 0.170. The van der Waals surface area contributed by atoms with Gasteiger partial charge in [-0.05, 0) is 69.1 Å². The van der Waals surface area contributed by atoms with Crippen LogP contribution in [0.1, 0.15) is 100 Å². The Morgan fingerprint density at radius 3 is 2.61 bits per heavy atom. The second kappa shape index (κ2) is 18.3. The Morgan fingerprint density at radius 2 is 1.89 bits per heavy atom. The lowest BCUT2D eigenvalue weighted by atomic mass is 9.71. The lowest BCUT2D eigenvalue weighted by Gasteiger charge is -2.51. The fourth-order valence-corrected chi connectivity index (χ4v) is 9.73. The fourth-order valence-electron chi connectivity index (χ4n) is 9.73. The molecule has 0 amide bonds. The molecule has 4 fully saturated rings. The van der Waals surface area contributed by atoms with Crippen LogP contribution in [-0.4, -0.2) is 108 Å². The van der Waals surface area contributed by atoms with E-state index in [1.165, 1.54) is 6.08 Å². The first-order valence-electron chi connectivity index (χ1n) is 21.1. The van der Waals surface area contributed by atoms with E-state index in [4.69, 9.17) is 37.9 Å². The highest BCUT2D eigenvalue weighted by atomic mass is 16.7. The Labute approximate surface area is 338 Å². The van der Waals surface area contributed by atoms with Gasteiger partial charge in [0, 0.05) is 44.8 Å². The number of aliphatic hydroxyl groups excluding tert-OH is 1. The third-order valence-electron chi connectivity index (χ3n) is 13.2. The van der Waals surface area contributed by atoms with Crippen LogP contribution in [0, 0.1) is 23.7 Å². The average molecular weight is 799 g/mol. The largest absolute Gasteiger partial charge is 0.462 e. The maximum absolute atomic E-state index is 14.3. The number of methoxy groups -OCH3 is 1. The molecule has 6 rings (SSSR count). The molecule has 0 radical (unpaired) electrons. The lowest BCUT2D eigenvalue weighted by Crippen LogP contribution is -2.58. The van der Waals surface area contributed by atoms with Gasteiger partial charge in [-0.1, -0.05) is 70.6 Å². The van der Waals surface area contributed by atoms with Crippen molar-refractivity contribution in [2.45, 2.75) is 173 Å². The molecule has 0 saturated carbocycles. The Morgan fingerprint density at radius 1 is 1.12 bits per heavy atom. The summed E-state index contributed by atoms with van der Waals surface area (Å²) in [5, 5.41) is 23.6. The fraction of sp³-hybridized carbons (Fsp3) is 0.733. The third-order valence-corrected chi connectivity index (χ3v) is 13.2. The van der Waals surface area contributed by atoms with Crippen LogP contribution >= 0.6 is 0 Å². The van der Waals surface area contributed by atoms with Crippen LogP contribution < -0.4 is 0 Å². The van der Waals surface area contributed by atoms with Crippen LogP contribution in [0.25, 0.3) is 0 Å². The van der Waals surface area contributed by atoms with Crippen molar-refractivity contribution in [1.82, 2.24) is 0 Å². The lowest BCUT2D eigenvalue weighted by molar-refractivity contribution is -0.340. The number of carbonyl (C=O) groups is 2. The normalized spacial score (nSPS) is 45.8. The van der Waals surface area contributed by atoms with E-state index in [0.29, 0.717) is 55.1 Å². The van der Waals surface area contributed by atoms with E-state index < -0.39 is 78.3 Å². The molecule has 1 spiro atoms. The van der Waals surface area contributed by atoms with Crippen molar-refractivity contribution in [3.05, 3.63) is 59.3 Å². The van der Waals surface area contributed by atoms with Crippen molar-refractivity contribution in [3.63, 3.8) is 0 Å². The van der Waals surface area contributed by atoms with Gasteiger partial charge in [0.15, 0.2) is 18.2 Å². The quantitative estimate of drug-likeness (QED) is 0.172. The predicted molar refractivity (Wildman–Crippen MR) is 211 cm³/mol. The number of hydrogen-bond acceptors (Lipinski definition) is 12. The minimum absolute atomic E-state index is 0.00494. The van der Waals surface area contributed by atoms with Crippen LogP contribution in [0.15, 0.2) is 59.3 Å². The highest BCUT2D eigenvalue weighted by Crippen LogP contribution is 2.48. The van der Waals surface area contributed by atoms with Gasteiger partial charge in [0.25, 0.3) is 0 Å². The number of aliphatic hydroxyl groups is 2. The summed E-state index contributed by atoms with van der Waals surface area (Å²) in [4.78, 5) is 26.7. The Hall–Kier alpha value is -2.68. The molecule has 16 atom stereocenters. The van der Waals surface area contributed by atoms with Crippen LogP contribution in [-0.2, 0) is 47.5 Å². The van der Waals surface area contributed by atoms with Gasteiger partial charge in [0.05, 0.1) is 31.0 Å². The predicted octanol–water partition coefficient (Wildman–Crippen LogP) is 6.19. The van der Waals surface area contributed by atoms with Crippen molar-refractivity contribution in [2.75, 3.05) is 13.7 Å². The first kappa shape index (κ1) is 43.9. The highest BCUT2D eigenvalue weighted by molar-refractivity contribution is 5.82. The second-order valence-electron chi connectivity index (χ2n) is 17.4. The number of esters is 2. The summed E-state index contributed by atoms with van der Waals surface area (Å²) in [7, 11) is 1.59. The molecule has 0 aromatic heterocycles. The Balaban J connectivity index is 1.35. The van der Waals surface area contributed by atoms with Crippen molar-refractivity contribution < 1.29 is 57.7 Å². The molecule has 6 aliphatic rings. The summed E-state index contributed by atoms with van der Waals surface area (Å²) in [6, 6.07) is 0. The number of hydrogen-bond donors (Lipinski definition) is 2. The molecule has 5 aliphatic heterocycles. The monoisotopic (exact) mass is 798 g/mol. The van der Waals surface area contributed by atoms with Crippen LogP contribution in [0.4, 0.5) is 0 Å². The smallest absolute Gasteiger partial charge is 0.330 e. The van der Waals surface area contributed by atoms with Crippen molar-refractivity contribution in [3.8, 4) is 0 Å². The molecular weight excluding hydrogens is 732 g/mol. The van der Waals surface area contributed by atoms with Gasteiger partial charge in [-0.15, -0.1) is 0 Å². The maximum atomic E-state index is 14.3. The SMILES string of the molecule is C/C=C/C(=O)O[C@H]1[C@H](C)O[C@@H](O[C@@H]2/C(C)=C/C[C@@H]3C[C@@H](CC4(CC[C@H](C)[C@@H](C(C)CC)O4)O3)OC(=O)[C@@H]3C=C(C)[C@@H](O)[C@H]4OC/C(=C\C=C\[C@@H]2C)[C@]43O)C[C@@H]1OC. The van der Waals surface area contributed by atoms with Gasteiger partial charge in [-0.3, -0.25) is 4.79 Å². The minimum Gasteiger partial charge on any atom is -0.462 e. The van der Waals surface area contributed by atoms with Gasteiger partial charge in [-0.25, -0.2) is 4.79 Å². The summed E-state index contributed by atoms with van der Waals surface area (Å²) in [6.07, 6.45) is 11.0. The van der Waals surface area contributed by atoms with Crippen LogP contribution in [0.3, 0.4) is 0 Å². The van der Waals surface area contributed by atoms with E-state index in [0.717, 1.165) is 18.4 Å². The van der Waals surface area contributed by atoms with Gasteiger partial charge in [-0.2, -0.15) is 0 Å². The molecule has 0 aromatic carbocycles. The molecule has 2 bridgehead atoms. The zero-order valence-electron chi connectivity index (χ0n) is 35.3. The molecule has 5 heterocycles. The molecule has 2 N–H and O–H groups in total. The van der Waals surface area contributed by atoms with Gasteiger partial charge < -0.3 is 48.1 Å². The number of ether oxygens (including phenoxy) is 8. The van der Waals surface area contributed by atoms with Gasteiger partial charge in [0.1, 0.15) is 35.9 Å². The van der Waals surface area contributed by atoms with Crippen molar-refractivity contribution in [1.29, 1.82) is 0 Å². The van der Waals surface area contributed by atoms with Gasteiger partial charge >= 0.3 is 11.9 Å². The number of allylic oxidation sites excluding steroid dienone is 3. The molecule has 12 nitrogen and oxygen atoms in total.